The van der Waals surface area contributed by atoms with Gasteiger partial charge in [-0.25, -0.2) is 8.78 Å². The zero-order valence-corrected chi connectivity index (χ0v) is 18.2. The summed E-state index contributed by atoms with van der Waals surface area (Å²) in [5, 5.41) is 0. The van der Waals surface area contributed by atoms with Crippen LogP contribution in [0.2, 0.25) is 0 Å². The zero-order chi connectivity index (χ0) is 22.0. The summed E-state index contributed by atoms with van der Waals surface area (Å²) in [6.07, 6.45) is 0.768. The van der Waals surface area contributed by atoms with Crippen molar-refractivity contribution < 1.29 is 17.9 Å². The largest absolute Gasteiger partial charge is 0.492 e. The van der Waals surface area contributed by atoms with Gasteiger partial charge in [0.1, 0.15) is 12.4 Å². The standard InChI is InChI=1S/C25H31F3N2O/c1-18-13-21-5-3-4-6-23(21)24(30(18)17-25(2,27)28)20-7-9-22(10-8-20)31-12-11-29-15-19(14-26)16-29/h3-10,18-19,24H,11-17H2,1-2H3/t18-,24-/m1/s1. The van der Waals surface area contributed by atoms with Crippen LogP contribution in [0, 0.1) is 5.92 Å². The van der Waals surface area contributed by atoms with Crippen LogP contribution in [-0.4, -0.2) is 61.2 Å². The lowest BCUT2D eigenvalue weighted by Crippen LogP contribution is -2.49. The predicted molar refractivity (Wildman–Crippen MR) is 117 cm³/mol. The molecular weight excluding hydrogens is 401 g/mol. The Bertz CT molecular complexity index is 862. The van der Waals surface area contributed by atoms with Crippen molar-refractivity contribution in [3.05, 3.63) is 65.2 Å². The number of hydrogen-bond donors (Lipinski definition) is 0. The normalized spacial score (nSPS) is 22.7. The van der Waals surface area contributed by atoms with E-state index in [-0.39, 0.29) is 31.2 Å². The number of ether oxygens (including phenoxy) is 1. The number of likely N-dealkylation sites (tertiary alicyclic amines) is 1. The van der Waals surface area contributed by atoms with Gasteiger partial charge >= 0.3 is 0 Å². The molecule has 0 aliphatic carbocycles. The summed E-state index contributed by atoms with van der Waals surface area (Å²) in [4.78, 5) is 4.10. The van der Waals surface area contributed by atoms with Crippen LogP contribution in [0.15, 0.2) is 48.5 Å². The molecule has 2 aromatic rings. The van der Waals surface area contributed by atoms with Gasteiger partial charge in [-0.2, -0.15) is 0 Å². The third-order valence-corrected chi connectivity index (χ3v) is 6.35. The maximum atomic E-state index is 14.0. The molecule has 3 nitrogen and oxygen atoms in total. The first-order chi connectivity index (χ1) is 14.8. The first-order valence-electron chi connectivity index (χ1n) is 11.1. The van der Waals surface area contributed by atoms with E-state index in [4.69, 9.17) is 4.74 Å². The molecule has 1 fully saturated rings. The van der Waals surface area contributed by atoms with E-state index in [0.29, 0.717) is 6.61 Å². The maximum Gasteiger partial charge on any atom is 0.257 e. The van der Waals surface area contributed by atoms with Gasteiger partial charge in [0.05, 0.1) is 19.3 Å². The zero-order valence-electron chi connectivity index (χ0n) is 18.2. The van der Waals surface area contributed by atoms with Crippen LogP contribution < -0.4 is 4.74 Å². The summed E-state index contributed by atoms with van der Waals surface area (Å²) < 4.78 is 46.4. The minimum atomic E-state index is -2.76. The molecule has 0 spiro atoms. The SMILES string of the molecule is C[C@@H]1Cc2ccccc2[C@@H](c2ccc(OCCN3CC(CF)C3)cc2)N1CC(C)(F)F. The van der Waals surface area contributed by atoms with Crippen molar-refractivity contribution in [3.8, 4) is 5.75 Å². The van der Waals surface area contributed by atoms with E-state index < -0.39 is 5.92 Å². The Balaban J connectivity index is 1.47. The number of hydrogen-bond acceptors (Lipinski definition) is 3. The van der Waals surface area contributed by atoms with Crippen molar-refractivity contribution in [1.82, 2.24) is 9.80 Å². The molecule has 0 bridgehead atoms. The van der Waals surface area contributed by atoms with E-state index in [9.17, 15) is 13.2 Å². The molecule has 0 unspecified atom stereocenters. The van der Waals surface area contributed by atoms with E-state index in [1.807, 2.05) is 48.2 Å². The minimum Gasteiger partial charge on any atom is -0.492 e. The molecule has 0 aromatic heterocycles. The van der Waals surface area contributed by atoms with Gasteiger partial charge in [0.25, 0.3) is 5.92 Å². The molecule has 2 heterocycles. The second kappa shape index (κ2) is 9.21. The molecule has 31 heavy (non-hydrogen) atoms. The van der Waals surface area contributed by atoms with Crippen molar-refractivity contribution in [2.24, 2.45) is 5.92 Å². The molecule has 0 amide bonds. The molecule has 2 aromatic carbocycles. The number of halogens is 3. The molecule has 0 radical (unpaired) electrons. The van der Waals surface area contributed by atoms with Crippen LogP contribution in [0.25, 0.3) is 0 Å². The van der Waals surface area contributed by atoms with Crippen LogP contribution in [0.5, 0.6) is 5.75 Å². The molecule has 6 heteroatoms. The molecular formula is C25H31F3N2O. The van der Waals surface area contributed by atoms with Gasteiger partial charge in [0.15, 0.2) is 0 Å². The highest BCUT2D eigenvalue weighted by Gasteiger charge is 2.38. The van der Waals surface area contributed by atoms with Gasteiger partial charge in [0, 0.05) is 38.5 Å². The van der Waals surface area contributed by atoms with Crippen molar-refractivity contribution in [3.63, 3.8) is 0 Å². The third-order valence-electron chi connectivity index (χ3n) is 6.35. The van der Waals surface area contributed by atoms with E-state index >= 15 is 0 Å². The first kappa shape index (κ1) is 22.2. The number of rotatable bonds is 8. The minimum absolute atomic E-state index is 0.0197. The highest BCUT2D eigenvalue weighted by Crippen LogP contribution is 2.39. The monoisotopic (exact) mass is 432 g/mol. The third kappa shape index (κ3) is 5.24. The Morgan fingerprint density at radius 1 is 1.06 bits per heavy atom. The Morgan fingerprint density at radius 3 is 2.45 bits per heavy atom. The van der Waals surface area contributed by atoms with Crippen molar-refractivity contribution in [1.29, 1.82) is 0 Å². The molecule has 168 valence electrons. The summed E-state index contributed by atoms with van der Waals surface area (Å²) >= 11 is 0. The Hall–Kier alpha value is -2.05. The van der Waals surface area contributed by atoms with Gasteiger partial charge in [-0.05, 0) is 42.2 Å². The summed E-state index contributed by atoms with van der Waals surface area (Å²) in [6.45, 7) is 5.42. The van der Waals surface area contributed by atoms with Crippen molar-refractivity contribution in [2.75, 3.05) is 39.5 Å². The molecule has 2 aliphatic heterocycles. The fraction of sp³-hybridized carbons (Fsp3) is 0.520. The second-order valence-electron chi connectivity index (χ2n) is 9.09. The van der Waals surface area contributed by atoms with Gasteiger partial charge in [0.2, 0.25) is 0 Å². The lowest BCUT2D eigenvalue weighted by atomic mass is 9.85. The van der Waals surface area contributed by atoms with Crippen LogP contribution in [0.3, 0.4) is 0 Å². The average molecular weight is 433 g/mol. The van der Waals surface area contributed by atoms with Crippen LogP contribution in [-0.2, 0) is 6.42 Å². The molecule has 4 rings (SSSR count). The number of nitrogens with zero attached hydrogens (tertiary/aromatic N) is 2. The van der Waals surface area contributed by atoms with Gasteiger partial charge < -0.3 is 4.74 Å². The quantitative estimate of drug-likeness (QED) is 0.587. The molecule has 0 N–H and O–H groups in total. The first-order valence-corrected chi connectivity index (χ1v) is 11.1. The number of fused-ring (bicyclic) bond motifs is 1. The average Bonchev–Trinajstić information content (AvgIpc) is 2.70. The predicted octanol–water partition coefficient (Wildman–Crippen LogP) is 4.96. The molecule has 2 atom stereocenters. The highest BCUT2D eigenvalue weighted by molar-refractivity contribution is 5.42. The second-order valence-corrected chi connectivity index (χ2v) is 9.09. The van der Waals surface area contributed by atoms with Crippen molar-refractivity contribution in [2.45, 2.75) is 38.3 Å². The molecule has 1 saturated heterocycles. The van der Waals surface area contributed by atoms with Crippen LogP contribution >= 0.6 is 0 Å². The fourth-order valence-electron chi connectivity index (χ4n) is 4.79. The fourth-order valence-corrected chi connectivity index (χ4v) is 4.79. The van der Waals surface area contributed by atoms with Crippen molar-refractivity contribution >= 4 is 0 Å². The topological polar surface area (TPSA) is 15.7 Å². The van der Waals surface area contributed by atoms with Crippen LogP contribution in [0.4, 0.5) is 13.2 Å². The highest BCUT2D eigenvalue weighted by atomic mass is 19.3. The van der Waals surface area contributed by atoms with E-state index in [2.05, 4.69) is 17.0 Å². The maximum absolute atomic E-state index is 14.0. The summed E-state index contributed by atoms with van der Waals surface area (Å²) in [7, 11) is 0. The lowest BCUT2D eigenvalue weighted by molar-refractivity contribution is -0.0363. The smallest absolute Gasteiger partial charge is 0.257 e. The van der Waals surface area contributed by atoms with E-state index in [1.165, 1.54) is 5.56 Å². The summed E-state index contributed by atoms with van der Waals surface area (Å²) in [6, 6.07) is 15.7. The summed E-state index contributed by atoms with van der Waals surface area (Å²) in [5.41, 5.74) is 3.31. The number of benzene rings is 2. The van der Waals surface area contributed by atoms with E-state index in [1.54, 1.807) is 0 Å². The van der Waals surface area contributed by atoms with Gasteiger partial charge in [-0.1, -0.05) is 36.4 Å². The Kier molecular flexibility index (Phi) is 6.58. The van der Waals surface area contributed by atoms with Crippen LogP contribution in [0.1, 0.15) is 36.6 Å². The molecule has 2 aliphatic rings. The Morgan fingerprint density at radius 2 is 1.77 bits per heavy atom. The van der Waals surface area contributed by atoms with E-state index in [0.717, 1.165) is 49.9 Å². The molecule has 0 saturated carbocycles. The number of alkyl halides is 3. The van der Waals surface area contributed by atoms with Gasteiger partial charge in [-0.3, -0.25) is 14.2 Å². The summed E-state index contributed by atoms with van der Waals surface area (Å²) in [5.74, 6) is -1.82. The van der Waals surface area contributed by atoms with Gasteiger partial charge in [-0.15, -0.1) is 0 Å². The lowest BCUT2D eigenvalue weighted by Gasteiger charge is -2.43. The Labute approximate surface area is 182 Å².